The zero-order chi connectivity index (χ0) is 25.8. The van der Waals surface area contributed by atoms with E-state index >= 15 is 0 Å². The third-order valence-electron chi connectivity index (χ3n) is 7.02. The maximum Gasteiger partial charge on any atom is 0.261 e. The molecule has 5 nitrogen and oxygen atoms in total. The molecule has 2 saturated heterocycles. The van der Waals surface area contributed by atoms with E-state index in [9.17, 15) is 5.11 Å². The third kappa shape index (κ3) is 4.45. The molecule has 0 radical (unpaired) electrons. The minimum atomic E-state index is -2.78. The molecule has 2 fully saturated rings. The number of rotatable bonds is 6. The Kier molecular flexibility index (Phi) is 6.88. The van der Waals surface area contributed by atoms with Gasteiger partial charge in [0.05, 0.1) is 15.3 Å². The lowest BCUT2D eigenvalue weighted by atomic mass is 10.0. The summed E-state index contributed by atoms with van der Waals surface area (Å²) < 4.78 is 26.9. The Bertz CT molecular complexity index is 1160. The van der Waals surface area contributed by atoms with Crippen LogP contribution in [0.15, 0.2) is 76.6 Å². The fourth-order valence-electron chi connectivity index (χ4n) is 5.53. The van der Waals surface area contributed by atoms with Crippen LogP contribution in [0.5, 0.6) is 0 Å². The molecule has 2 aliphatic rings. The van der Waals surface area contributed by atoms with E-state index in [1.165, 1.54) is 21.7 Å². The van der Waals surface area contributed by atoms with Gasteiger partial charge >= 0.3 is 0 Å². The second kappa shape index (κ2) is 9.43. The molecule has 1 unspecified atom stereocenters. The molecule has 5 rings (SSSR count). The van der Waals surface area contributed by atoms with Crippen molar-refractivity contribution in [2.75, 3.05) is 6.61 Å². The van der Waals surface area contributed by atoms with Gasteiger partial charge in [-0.05, 0) is 57.3 Å². The molecule has 8 heteroatoms. The number of aliphatic hydroxyl groups is 1. The van der Waals surface area contributed by atoms with Crippen molar-refractivity contribution >= 4 is 46.0 Å². The Hall–Kier alpha value is -1.36. The van der Waals surface area contributed by atoms with Gasteiger partial charge in [-0.2, -0.15) is 0 Å². The topological polar surface area (TPSA) is 57.2 Å². The van der Waals surface area contributed by atoms with Crippen LogP contribution in [-0.4, -0.2) is 44.1 Å². The monoisotopic (exact) mass is 588 g/mol. The molecule has 4 atom stereocenters. The summed E-state index contributed by atoms with van der Waals surface area (Å²) in [4.78, 5) is 0.679. The van der Waals surface area contributed by atoms with Crippen LogP contribution in [0.3, 0.4) is 0 Å². The molecular formula is C28H33BrO5SSi. The van der Waals surface area contributed by atoms with Crippen LogP contribution in [0.25, 0.3) is 0 Å². The van der Waals surface area contributed by atoms with Crippen LogP contribution in [0, 0.1) is 0 Å². The summed E-state index contributed by atoms with van der Waals surface area (Å²) in [6.45, 7) is 10.7. The van der Waals surface area contributed by atoms with Crippen LogP contribution in [0.2, 0.25) is 5.04 Å². The number of hydrogen-bond acceptors (Lipinski definition) is 6. The summed E-state index contributed by atoms with van der Waals surface area (Å²) in [5.41, 5.74) is 0. The first-order chi connectivity index (χ1) is 17.0. The fourth-order valence-corrected chi connectivity index (χ4v) is 11.5. The van der Waals surface area contributed by atoms with Gasteiger partial charge in [0.15, 0.2) is 5.79 Å². The zero-order valence-electron chi connectivity index (χ0n) is 21.2. The van der Waals surface area contributed by atoms with Crippen LogP contribution in [0.4, 0.5) is 0 Å². The Balaban J connectivity index is 1.53. The zero-order valence-corrected chi connectivity index (χ0v) is 24.6. The van der Waals surface area contributed by atoms with Gasteiger partial charge in [-0.3, -0.25) is 0 Å². The van der Waals surface area contributed by atoms with E-state index in [0.29, 0.717) is 4.88 Å². The summed E-state index contributed by atoms with van der Waals surface area (Å²) in [5.74, 6) is -2.45. The number of thiophene rings is 1. The lowest BCUT2D eigenvalue weighted by molar-refractivity contribution is -0.281. The van der Waals surface area contributed by atoms with Gasteiger partial charge in [0, 0.05) is 0 Å². The summed E-state index contributed by atoms with van der Waals surface area (Å²) in [6.07, 6.45) is -1.64. The molecule has 3 aromatic rings. The SMILES string of the molecule is CC1(C)O[C@H]2[C@@H](O1)C(O)(c1ccc(Br)s1)O[C@@H]2CO[Si](c1ccccc1)(c1ccccc1)C(C)(C)C. The summed E-state index contributed by atoms with van der Waals surface area (Å²) in [6, 6.07) is 24.8. The first kappa shape index (κ1) is 26.3. The van der Waals surface area contributed by atoms with Crippen molar-refractivity contribution in [3.05, 3.63) is 81.5 Å². The predicted molar refractivity (Wildman–Crippen MR) is 148 cm³/mol. The number of hydrogen-bond donors (Lipinski definition) is 1. The highest BCUT2D eigenvalue weighted by Gasteiger charge is 2.64. The maximum absolute atomic E-state index is 11.8. The van der Waals surface area contributed by atoms with Gasteiger partial charge in [0.2, 0.25) is 5.79 Å². The molecule has 0 spiro atoms. The van der Waals surface area contributed by atoms with E-state index in [4.69, 9.17) is 18.6 Å². The van der Waals surface area contributed by atoms with Gasteiger partial charge in [-0.1, -0.05) is 81.4 Å². The molecule has 0 saturated carbocycles. The molecule has 2 aliphatic heterocycles. The van der Waals surface area contributed by atoms with Crippen molar-refractivity contribution < 1.29 is 23.7 Å². The summed E-state index contributed by atoms with van der Waals surface area (Å²) in [5, 5.41) is 14.0. The van der Waals surface area contributed by atoms with Crippen LogP contribution >= 0.6 is 27.3 Å². The van der Waals surface area contributed by atoms with Crippen molar-refractivity contribution in [3.63, 3.8) is 0 Å². The largest absolute Gasteiger partial charge is 0.405 e. The summed E-state index contributed by atoms with van der Waals surface area (Å²) >= 11 is 4.94. The van der Waals surface area contributed by atoms with Crippen LogP contribution < -0.4 is 10.4 Å². The second-order valence-electron chi connectivity index (χ2n) is 11.0. The Morgan fingerprint density at radius 3 is 2.00 bits per heavy atom. The number of halogens is 1. The molecule has 0 bridgehead atoms. The molecular weight excluding hydrogens is 556 g/mol. The van der Waals surface area contributed by atoms with Gasteiger partial charge in [0.25, 0.3) is 8.32 Å². The molecule has 192 valence electrons. The molecule has 0 amide bonds. The standard InChI is InChI=1S/C28H33BrO5SSi/c1-26(2,3)36(19-12-8-6-9-13-19,20-14-10-7-11-15-20)31-18-21-24-25(34-27(4,5)33-24)28(30,32-21)22-16-17-23(29)35-22/h6-17,21,24-25,30H,18H2,1-5H3/t21-,24-,25-,28?/m1/s1. The molecule has 3 heterocycles. The van der Waals surface area contributed by atoms with Gasteiger partial charge < -0.3 is 23.7 Å². The first-order valence-corrected chi connectivity index (χ1v) is 15.7. The Morgan fingerprint density at radius 1 is 0.917 bits per heavy atom. The lowest BCUT2D eigenvalue weighted by Gasteiger charge is -2.43. The van der Waals surface area contributed by atoms with Crippen LogP contribution in [-0.2, 0) is 24.4 Å². The highest BCUT2D eigenvalue weighted by molar-refractivity contribution is 9.11. The van der Waals surface area contributed by atoms with E-state index in [2.05, 4.69) is 85.2 Å². The molecule has 36 heavy (non-hydrogen) atoms. The van der Waals surface area contributed by atoms with Gasteiger partial charge in [0.1, 0.15) is 18.3 Å². The number of fused-ring (bicyclic) bond motifs is 1. The molecule has 1 aromatic heterocycles. The second-order valence-corrected chi connectivity index (χ2v) is 17.7. The van der Waals surface area contributed by atoms with Crippen molar-refractivity contribution in [1.82, 2.24) is 0 Å². The van der Waals surface area contributed by atoms with E-state index in [1.807, 2.05) is 38.1 Å². The molecule has 2 aromatic carbocycles. The first-order valence-electron chi connectivity index (χ1n) is 12.2. The normalized spacial score (nSPS) is 27.8. The van der Waals surface area contributed by atoms with Crippen LogP contribution in [0.1, 0.15) is 39.5 Å². The van der Waals surface area contributed by atoms with Crippen molar-refractivity contribution in [2.24, 2.45) is 0 Å². The van der Waals surface area contributed by atoms with Crippen molar-refractivity contribution in [3.8, 4) is 0 Å². The lowest BCUT2D eigenvalue weighted by Crippen LogP contribution is -2.67. The molecule has 1 N–H and O–H groups in total. The van der Waals surface area contributed by atoms with E-state index < -0.39 is 38.2 Å². The van der Waals surface area contributed by atoms with Gasteiger partial charge in [-0.15, -0.1) is 11.3 Å². The Morgan fingerprint density at radius 2 is 1.50 bits per heavy atom. The third-order valence-corrected chi connectivity index (χ3v) is 13.8. The van der Waals surface area contributed by atoms with Crippen molar-refractivity contribution in [2.45, 2.75) is 69.5 Å². The quantitative estimate of drug-likeness (QED) is 0.403. The smallest absolute Gasteiger partial charge is 0.261 e. The average Bonchev–Trinajstić information content (AvgIpc) is 3.48. The minimum Gasteiger partial charge on any atom is -0.405 e. The predicted octanol–water partition coefficient (Wildman–Crippen LogP) is 5.15. The maximum atomic E-state index is 11.8. The van der Waals surface area contributed by atoms with E-state index in [-0.39, 0.29) is 11.6 Å². The number of benzene rings is 2. The molecule has 0 aliphatic carbocycles. The fraction of sp³-hybridized carbons (Fsp3) is 0.429. The minimum absolute atomic E-state index is 0.172. The Labute approximate surface area is 226 Å². The van der Waals surface area contributed by atoms with Crippen molar-refractivity contribution in [1.29, 1.82) is 0 Å². The number of ether oxygens (including phenoxy) is 3. The summed E-state index contributed by atoms with van der Waals surface area (Å²) in [7, 11) is -2.78. The highest BCUT2D eigenvalue weighted by atomic mass is 79.9. The van der Waals surface area contributed by atoms with E-state index in [1.54, 1.807) is 0 Å². The average molecular weight is 590 g/mol. The van der Waals surface area contributed by atoms with E-state index in [0.717, 1.165) is 3.79 Å². The highest BCUT2D eigenvalue weighted by Crippen LogP contribution is 2.50. The van der Waals surface area contributed by atoms with Gasteiger partial charge in [-0.25, -0.2) is 0 Å².